The summed E-state index contributed by atoms with van der Waals surface area (Å²) in [7, 11) is 1.47. The van der Waals surface area contributed by atoms with Crippen molar-refractivity contribution in [1.82, 2.24) is 24.1 Å². The third-order valence-electron chi connectivity index (χ3n) is 5.18. The molecule has 3 aromatic rings. The van der Waals surface area contributed by atoms with Gasteiger partial charge in [-0.15, -0.1) is 11.3 Å². The van der Waals surface area contributed by atoms with Gasteiger partial charge in [0.25, 0.3) is 5.56 Å². The highest BCUT2D eigenvalue weighted by Crippen LogP contribution is 2.36. The number of thiazole rings is 1. The molecule has 0 atom stereocenters. The average molecular weight is 357 g/mol. The van der Waals surface area contributed by atoms with Crippen LogP contribution in [-0.2, 0) is 26.4 Å². The molecule has 1 N–H and O–H groups in total. The fourth-order valence-electron chi connectivity index (χ4n) is 3.51. The second-order valence-corrected chi connectivity index (χ2v) is 8.16. The third kappa shape index (κ3) is 2.38. The van der Waals surface area contributed by atoms with Crippen LogP contribution in [0.4, 0.5) is 0 Å². The van der Waals surface area contributed by atoms with Gasteiger partial charge in [-0.05, 0) is 44.4 Å². The molecule has 2 aliphatic rings. The van der Waals surface area contributed by atoms with Gasteiger partial charge in [0.1, 0.15) is 5.65 Å². The fraction of sp³-hybridized carbons (Fsp3) is 0.529. The highest BCUT2D eigenvalue weighted by atomic mass is 32.1. The van der Waals surface area contributed by atoms with Crippen molar-refractivity contribution in [2.75, 3.05) is 0 Å². The van der Waals surface area contributed by atoms with Crippen LogP contribution in [0.25, 0.3) is 22.0 Å². The maximum Gasteiger partial charge on any atom is 0.329 e. The number of imidazole rings is 1. The van der Waals surface area contributed by atoms with Gasteiger partial charge >= 0.3 is 5.69 Å². The van der Waals surface area contributed by atoms with Crippen molar-refractivity contribution >= 4 is 22.5 Å². The van der Waals surface area contributed by atoms with Crippen molar-refractivity contribution in [3.63, 3.8) is 0 Å². The first-order chi connectivity index (χ1) is 12.1. The van der Waals surface area contributed by atoms with Crippen molar-refractivity contribution < 1.29 is 0 Å². The van der Waals surface area contributed by atoms with E-state index < -0.39 is 5.69 Å². The molecule has 1 fully saturated rings. The van der Waals surface area contributed by atoms with E-state index in [1.54, 1.807) is 11.3 Å². The van der Waals surface area contributed by atoms with Crippen LogP contribution in [0.2, 0.25) is 0 Å². The van der Waals surface area contributed by atoms with Crippen LogP contribution in [0.5, 0.6) is 0 Å². The van der Waals surface area contributed by atoms with Crippen LogP contribution >= 0.6 is 11.3 Å². The number of hydrogen-bond donors (Lipinski definition) is 1. The van der Waals surface area contributed by atoms with Crippen molar-refractivity contribution in [2.24, 2.45) is 13.0 Å². The largest absolute Gasteiger partial charge is 0.329 e. The van der Waals surface area contributed by atoms with Gasteiger partial charge in [0.05, 0.1) is 5.69 Å². The van der Waals surface area contributed by atoms with E-state index in [2.05, 4.69) is 9.97 Å². The average Bonchev–Trinajstić information content (AvgIpc) is 3.21. The van der Waals surface area contributed by atoms with Gasteiger partial charge in [0, 0.05) is 18.5 Å². The van der Waals surface area contributed by atoms with E-state index >= 15 is 0 Å². The Labute approximate surface area is 147 Å². The number of aryl methyl sites for hydroxylation is 2. The molecule has 1 saturated carbocycles. The number of nitrogens with zero attached hydrogens (tertiary/aromatic N) is 4. The second kappa shape index (κ2) is 5.39. The minimum Gasteiger partial charge on any atom is -0.308 e. The van der Waals surface area contributed by atoms with Crippen LogP contribution in [0, 0.1) is 5.92 Å². The van der Waals surface area contributed by atoms with E-state index in [4.69, 9.17) is 4.98 Å². The van der Waals surface area contributed by atoms with Crippen LogP contribution in [0.1, 0.15) is 36.3 Å². The van der Waals surface area contributed by atoms with E-state index in [9.17, 15) is 9.59 Å². The van der Waals surface area contributed by atoms with Crippen molar-refractivity contribution in [1.29, 1.82) is 0 Å². The molecule has 8 heteroatoms. The lowest BCUT2D eigenvalue weighted by atomic mass is 10.0. The zero-order chi connectivity index (χ0) is 17.1. The molecule has 0 aliphatic heterocycles. The standard InChI is InChI=1S/C17H19N5O2S/c1-21-16(23)12-13(20-17(21)24)22(8-9-6-7-9)14(19-12)15-18-10-4-2-3-5-11(10)25-15/h9H,2-8H2,1H3,(H,20,24). The molecule has 2 aliphatic carbocycles. The minimum absolute atomic E-state index is 0.325. The zero-order valence-electron chi connectivity index (χ0n) is 14.0. The summed E-state index contributed by atoms with van der Waals surface area (Å²) in [6, 6.07) is 0. The number of fused-ring (bicyclic) bond motifs is 2. The maximum atomic E-state index is 12.5. The lowest BCUT2D eigenvalue weighted by Crippen LogP contribution is -2.32. The first-order valence-corrected chi connectivity index (χ1v) is 9.62. The van der Waals surface area contributed by atoms with Gasteiger partial charge in [-0.25, -0.2) is 14.8 Å². The Balaban J connectivity index is 1.76. The molecule has 0 saturated heterocycles. The van der Waals surface area contributed by atoms with Crippen molar-refractivity contribution in [2.45, 2.75) is 45.1 Å². The molecule has 25 heavy (non-hydrogen) atoms. The summed E-state index contributed by atoms with van der Waals surface area (Å²) in [5, 5.41) is 0.867. The zero-order valence-corrected chi connectivity index (χ0v) is 14.9. The molecule has 7 nitrogen and oxygen atoms in total. The van der Waals surface area contributed by atoms with E-state index in [0.29, 0.717) is 17.1 Å². The normalized spacial score (nSPS) is 17.2. The number of nitrogens with one attached hydrogen (secondary N) is 1. The lowest BCUT2D eigenvalue weighted by molar-refractivity contribution is 0.640. The molecule has 3 heterocycles. The lowest BCUT2D eigenvalue weighted by Gasteiger charge is -2.06. The smallest absolute Gasteiger partial charge is 0.308 e. The minimum atomic E-state index is -0.403. The molecule has 0 unspecified atom stereocenters. The highest BCUT2D eigenvalue weighted by molar-refractivity contribution is 7.15. The van der Waals surface area contributed by atoms with Gasteiger partial charge in [-0.1, -0.05) is 0 Å². The van der Waals surface area contributed by atoms with Crippen molar-refractivity contribution in [3.8, 4) is 10.8 Å². The Kier molecular flexibility index (Phi) is 3.25. The molecule has 130 valence electrons. The molecule has 0 spiro atoms. The molecule has 0 amide bonds. The Morgan fingerprint density at radius 1 is 1.20 bits per heavy atom. The van der Waals surface area contributed by atoms with Gasteiger partial charge in [-0.3, -0.25) is 14.3 Å². The van der Waals surface area contributed by atoms with E-state index in [1.165, 1.54) is 43.3 Å². The predicted octanol–water partition coefficient (Wildman–Crippen LogP) is 1.84. The number of rotatable bonds is 3. The Hall–Kier alpha value is -2.22. The summed E-state index contributed by atoms with van der Waals surface area (Å²) in [6.45, 7) is 0.777. The van der Waals surface area contributed by atoms with E-state index in [1.807, 2.05) is 4.57 Å². The summed E-state index contributed by atoms with van der Waals surface area (Å²) >= 11 is 1.68. The molecule has 3 aromatic heterocycles. The quantitative estimate of drug-likeness (QED) is 0.775. The SMILES string of the molecule is Cn1c(=O)[nH]c2c(nc(-c3nc4c(s3)CCCC4)n2CC2CC2)c1=O. The summed E-state index contributed by atoms with van der Waals surface area (Å²) in [6.07, 6.45) is 6.86. The molecule has 0 aromatic carbocycles. The van der Waals surface area contributed by atoms with Crippen molar-refractivity contribution in [3.05, 3.63) is 31.4 Å². The molecular formula is C17H19N5O2S. The molecule has 5 rings (SSSR count). The van der Waals surface area contributed by atoms with Crippen LogP contribution in [0.3, 0.4) is 0 Å². The monoisotopic (exact) mass is 357 g/mol. The maximum absolute atomic E-state index is 12.5. The van der Waals surface area contributed by atoms with Crippen LogP contribution in [0.15, 0.2) is 9.59 Å². The van der Waals surface area contributed by atoms with Gasteiger partial charge < -0.3 is 4.57 Å². The molecule has 0 bridgehead atoms. The summed E-state index contributed by atoms with van der Waals surface area (Å²) < 4.78 is 3.08. The number of aromatic nitrogens is 5. The van der Waals surface area contributed by atoms with E-state index in [0.717, 1.165) is 34.8 Å². The van der Waals surface area contributed by atoms with Crippen LogP contribution < -0.4 is 11.2 Å². The Bertz CT molecular complexity index is 1080. The fourth-order valence-corrected chi connectivity index (χ4v) is 4.66. The number of aromatic amines is 1. The Morgan fingerprint density at radius 2 is 2.00 bits per heavy atom. The first-order valence-electron chi connectivity index (χ1n) is 8.80. The third-order valence-corrected chi connectivity index (χ3v) is 6.33. The molecular weight excluding hydrogens is 338 g/mol. The van der Waals surface area contributed by atoms with Crippen LogP contribution in [-0.4, -0.2) is 24.1 Å². The number of H-pyrrole nitrogens is 1. The van der Waals surface area contributed by atoms with Gasteiger partial charge in [0.2, 0.25) is 0 Å². The summed E-state index contributed by atoms with van der Waals surface area (Å²) in [5.74, 6) is 1.32. The Morgan fingerprint density at radius 3 is 2.76 bits per heavy atom. The number of hydrogen-bond acceptors (Lipinski definition) is 5. The topological polar surface area (TPSA) is 85.6 Å². The van der Waals surface area contributed by atoms with Gasteiger partial charge in [0.15, 0.2) is 16.3 Å². The highest BCUT2D eigenvalue weighted by Gasteiger charge is 2.28. The van der Waals surface area contributed by atoms with E-state index in [-0.39, 0.29) is 5.56 Å². The first kappa shape index (κ1) is 15.1. The predicted molar refractivity (Wildman–Crippen MR) is 96.1 cm³/mol. The summed E-state index contributed by atoms with van der Waals surface area (Å²) in [4.78, 5) is 38.2. The second-order valence-electron chi connectivity index (χ2n) is 7.08. The molecule has 0 radical (unpaired) electrons. The summed E-state index contributed by atoms with van der Waals surface area (Å²) in [5.41, 5.74) is 1.28. The van der Waals surface area contributed by atoms with Gasteiger partial charge in [-0.2, -0.15) is 0 Å².